The average molecular weight is 473 g/mol. The van der Waals surface area contributed by atoms with E-state index in [1.807, 2.05) is 11.8 Å². The van der Waals surface area contributed by atoms with Gasteiger partial charge in [0.2, 0.25) is 0 Å². The summed E-state index contributed by atoms with van der Waals surface area (Å²) in [5.41, 5.74) is 1.17. The van der Waals surface area contributed by atoms with Crippen LogP contribution in [-0.4, -0.2) is 54.3 Å². The second-order valence-corrected chi connectivity index (χ2v) is 13.0. The molecule has 0 aromatic rings. The monoisotopic (exact) mass is 472 g/mol. The van der Waals surface area contributed by atoms with Crippen LogP contribution in [0.15, 0.2) is 11.6 Å². The molecule has 6 aliphatic rings. The summed E-state index contributed by atoms with van der Waals surface area (Å²) in [5.74, 6) is 1.75. The van der Waals surface area contributed by atoms with Crippen LogP contribution < -0.4 is 5.32 Å². The maximum absolute atomic E-state index is 12.9. The molecule has 6 nitrogen and oxygen atoms in total. The highest BCUT2D eigenvalue weighted by molar-refractivity contribution is 5.75. The van der Waals surface area contributed by atoms with Crippen LogP contribution in [0.25, 0.3) is 0 Å². The molecule has 34 heavy (non-hydrogen) atoms. The predicted octanol–water partition coefficient (Wildman–Crippen LogP) is 5.23. The van der Waals surface area contributed by atoms with Crippen molar-refractivity contribution in [2.75, 3.05) is 26.3 Å². The summed E-state index contributed by atoms with van der Waals surface area (Å²) in [6.07, 6.45) is 11.6. The van der Waals surface area contributed by atoms with Gasteiger partial charge >= 0.3 is 6.03 Å². The molecule has 2 aliphatic heterocycles. The zero-order valence-electron chi connectivity index (χ0n) is 21.9. The minimum Gasteiger partial charge on any atom is -0.347 e. The Kier molecular flexibility index (Phi) is 5.11. The van der Waals surface area contributed by atoms with Gasteiger partial charge in [-0.15, -0.1) is 0 Å². The van der Waals surface area contributed by atoms with Gasteiger partial charge in [0.05, 0.1) is 25.4 Å². The highest BCUT2D eigenvalue weighted by atomic mass is 16.7. The lowest BCUT2D eigenvalue weighted by Crippen LogP contribution is -2.56. The van der Waals surface area contributed by atoms with E-state index in [0.717, 1.165) is 38.4 Å². The third-order valence-corrected chi connectivity index (χ3v) is 11.3. The van der Waals surface area contributed by atoms with Crippen LogP contribution >= 0.6 is 0 Å². The molecule has 4 aliphatic carbocycles. The summed E-state index contributed by atoms with van der Waals surface area (Å²) in [7, 11) is 0. The van der Waals surface area contributed by atoms with Crippen molar-refractivity contribution >= 4 is 6.03 Å². The first-order valence-corrected chi connectivity index (χ1v) is 13.8. The molecule has 190 valence electrons. The summed E-state index contributed by atoms with van der Waals surface area (Å²) in [5, 5.41) is 3.01. The Morgan fingerprint density at radius 3 is 2.53 bits per heavy atom. The van der Waals surface area contributed by atoms with Gasteiger partial charge < -0.3 is 19.5 Å². The van der Waals surface area contributed by atoms with Crippen molar-refractivity contribution in [1.82, 2.24) is 10.2 Å². The minimum absolute atomic E-state index is 0.00958. The molecule has 6 heteroatoms. The van der Waals surface area contributed by atoms with Gasteiger partial charge in [0.15, 0.2) is 5.79 Å². The summed E-state index contributed by atoms with van der Waals surface area (Å²) in [4.78, 5) is 14.9. The lowest BCUT2D eigenvalue weighted by Gasteiger charge is -2.59. The van der Waals surface area contributed by atoms with Gasteiger partial charge in [0.25, 0.3) is 0 Å². The second-order valence-electron chi connectivity index (χ2n) is 13.0. The van der Waals surface area contributed by atoms with Crippen molar-refractivity contribution in [3.8, 4) is 0 Å². The number of hydrogen-bond acceptors (Lipinski definition) is 4. The Morgan fingerprint density at radius 1 is 1.06 bits per heavy atom. The van der Waals surface area contributed by atoms with E-state index in [-0.39, 0.29) is 28.2 Å². The molecular formula is C28H44N2O4. The SMILES string of the molecule is CCNC(=O)N1CC2(CCC3C4CC=C5CC6(CCC5(C)C4CCC32C)OCCO6)OC1(C)C. The molecule has 2 amide bonds. The molecule has 6 atom stereocenters. The molecule has 2 spiro atoms. The van der Waals surface area contributed by atoms with Crippen LogP contribution in [0.4, 0.5) is 4.79 Å². The lowest BCUT2D eigenvalue weighted by molar-refractivity contribution is -0.193. The molecule has 1 N–H and O–H groups in total. The number of nitrogens with one attached hydrogen (secondary N) is 1. The van der Waals surface area contributed by atoms with E-state index in [2.05, 4.69) is 39.1 Å². The van der Waals surface area contributed by atoms with Crippen molar-refractivity contribution in [1.29, 1.82) is 0 Å². The molecule has 6 unspecified atom stereocenters. The Morgan fingerprint density at radius 2 is 1.79 bits per heavy atom. The molecular weight excluding hydrogens is 428 g/mol. The molecule has 2 heterocycles. The van der Waals surface area contributed by atoms with Gasteiger partial charge in [-0.25, -0.2) is 4.79 Å². The highest BCUT2D eigenvalue weighted by Crippen LogP contribution is 2.70. The summed E-state index contributed by atoms with van der Waals surface area (Å²) in [6, 6.07) is 0.00958. The molecule has 6 rings (SSSR count). The Balaban J connectivity index is 1.27. The van der Waals surface area contributed by atoms with E-state index in [1.54, 1.807) is 5.57 Å². The first kappa shape index (κ1) is 23.3. The quantitative estimate of drug-likeness (QED) is 0.531. The molecule has 2 saturated heterocycles. The van der Waals surface area contributed by atoms with E-state index in [0.29, 0.717) is 24.9 Å². The number of amides is 2. The van der Waals surface area contributed by atoms with E-state index in [9.17, 15) is 4.79 Å². The second kappa shape index (κ2) is 7.45. The number of allylic oxidation sites excluding steroid dienone is 1. The van der Waals surface area contributed by atoms with Crippen molar-refractivity contribution in [3.05, 3.63) is 11.6 Å². The van der Waals surface area contributed by atoms with E-state index >= 15 is 0 Å². The summed E-state index contributed by atoms with van der Waals surface area (Å²) in [6.45, 7) is 14.0. The summed E-state index contributed by atoms with van der Waals surface area (Å²) < 4.78 is 19.2. The van der Waals surface area contributed by atoms with Crippen molar-refractivity contribution < 1.29 is 19.0 Å². The summed E-state index contributed by atoms with van der Waals surface area (Å²) >= 11 is 0. The van der Waals surface area contributed by atoms with Gasteiger partial charge in [0.1, 0.15) is 5.72 Å². The number of carbonyl (C=O) groups excluding carboxylic acids is 1. The highest BCUT2D eigenvalue weighted by Gasteiger charge is 2.69. The van der Waals surface area contributed by atoms with Crippen molar-refractivity contribution in [2.45, 2.75) is 103 Å². The predicted molar refractivity (Wildman–Crippen MR) is 130 cm³/mol. The molecule has 0 aromatic heterocycles. The Hall–Kier alpha value is -1.11. The zero-order chi connectivity index (χ0) is 24.0. The van der Waals surface area contributed by atoms with Crippen LogP contribution in [0.5, 0.6) is 0 Å². The molecule has 3 saturated carbocycles. The smallest absolute Gasteiger partial charge is 0.319 e. The third kappa shape index (κ3) is 3.00. The fourth-order valence-corrected chi connectivity index (χ4v) is 9.44. The van der Waals surface area contributed by atoms with Gasteiger partial charge in [-0.05, 0) is 82.5 Å². The Labute approximate surface area is 205 Å². The first-order chi connectivity index (χ1) is 16.1. The topological polar surface area (TPSA) is 60.0 Å². The molecule has 5 fully saturated rings. The number of carbonyl (C=O) groups is 1. The normalized spacial score (nSPS) is 46.2. The van der Waals surface area contributed by atoms with Crippen LogP contribution in [0.3, 0.4) is 0 Å². The standard InChI is InChI=1S/C28H44N2O4/c1-6-29-23(31)30-18-27(34-24(30,2)3)12-10-22-20-8-7-19-17-28(32-15-16-33-28)14-13-25(19,4)21(20)9-11-26(22,27)5/h7,20-22H,6,8-18H2,1-5H3,(H,29,31). The molecule has 0 radical (unpaired) electrons. The number of ether oxygens (including phenoxy) is 3. The molecule has 0 bridgehead atoms. The maximum Gasteiger partial charge on any atom is 0.319 e. The first-order valence-electron chi connectivity index (χ1n) is 13.8. The largest absolute Gasteiger partial charge is 0.347 e. The minimum atomic E-state index is -0.571. The van der Waals surface area contributed by atoms with Crippen LogP contribution in [0.2, 0.25) is 0 Å². The van der Waals surface area contributed by atoms with Gasteiger partial charge in [-0.3, -0.25) is 4.90 Å². The van der Waals surface area contributed by atoms with Gasteiger partial charge in [-0.2, -0.15) is 0 Å². The van der Waals surface area contributed by atoms with Gasteiger partial charge in [0, 0.05) is 24.8 Å². The van der Waals surface area contributed by atoms with Crippen molar-refractivity contribution in [2.24, 2.45) is 28.6 Å². The lowest BCUT2D eigenvalue weighted by atomic mass is 9.46. The number of hydrogen-bond donors (Lipinski definition) is 1. The molecule has 0 aromatic carbocycles. The Bertz CT molecular complexity index is 895. The van der Waals surface area contributed by atoms with E-state index in [1.165, 1.54) is 32.1 Å². The van der Waals surface area contributed by atoms with Gasteiger partial charge in [-0.1, -0.05) is 25.5 Å². The fourth-order valence-electron chi connectivity index (χ4n) is 9.44. The average Bonchev–Trinajstić information content (AvgIpc) is 3.44. The van der Waals surface area contributed by atoms with Crippen LogP contribution in [-0.2, 0) is 14.2 Å². The van der Waals surface area contributed by atoms with E-state index < -0.39 is 5.72 Å². The number of urea groups is 1. The number of fused-ring (bicyclic) bond motifs is 6. The fraction of sp³-hybridized carbons (Fsp3) is 0.893. The van der Waals surface area contributed by atoms with Crippen molar-refractivity contribution in [3.63, 3.8) is 0 Å². The van der Waals surface area contributed by atoms with E-state index in [4.69, 9.17) is 14.2 Å². The maximum atomic E-state index is 12.9. The third-order valence-electron chi connectivity index (χ3n) is 11.3. The number of nitrogens with zero attached hydrogens (tertiary/aromatic N) is 1. The van der Waals surface area contributed by atoms with Crippen LogP contribution in [0, 0.1) is 28.6 Å². The zero-order valence-corrected chi connectivity index (χ0v) is 21.9. The number of rotatable bonds is 1. The van der Waals surface area contributed by atoms with Crippen LogP contribution in [0.1, 0.15) is 86.0 Å².